The summed E-state index contributed by atoms with van der Waals surface area (Å²) < 4.78 is 16.9. The van der Waals surface area contributed by atoms with E-state index in [1.165, 1.54) is 18.2 Å². The van der Waals surface area contributed by atoms with Gasteiger partial charge in [0.15, 0.2) is 11.5 Å². The molecule has 1 atom stereocenters. The van der Waals surface area contributed by atoms with Gasteiger partial charge in [-0.05, 0) is 42.7 Å². The zero-order chi connectivity index (χ0) is 24.1. The summed E-state index contributed by atoms with van der Waals surface area (Å²) >= 11 is 0. The van der Waals surface area contributed by atoms with Crippen LogP contribution >= 0.6 is 0 Å². The number of aromatic nitrogens is 1. The van der Waals surface area contributed by atoms with Gasteiger partial charge < -0.3 is 30.3 Å². The van der Waals surface area contributed by atoms with Crippen molar-refractivity contribution in [2.45, 2.75) is 57.1 Å². The van der Waals surface area contributed by atoms with Crippen molar-refractivity contribution in [3.8, 4) is 11.5 Å². The van der Waals surface area contributed by atoms with Gasteiger partial charge in [-0.25, -0.2) is 4.39 Å². The van der Waals surface area contributed by atoms with E-state index in [1.807, 2.05) is 26.8 Å². The summed E-state index contributed by atoms with van der Waals surface area (Å²) in [6.45, 7) is 5.73. The largest absolute Gasteiger partial charge is 0.504 e. The van der Waals surface area contributed by atoms with Crippen molar-refractivity contribution in [1.29, 1.82) is 0 Å². The lowest BCUT2D eigenvalue weighted by Gasteiger charge is -2.23. The second-order valence-corrected chi connectivity index (χ2v) is 9.86. The lowest BCUT2D eigenvalue weighted by molar-refractivity contribution is -0.118. The Kier molecular flexibility index (Phi) is 5.62. The molecule has 1 amide bonds. The third-order valence-corrected chi connectivity index (χ3v) is 6.32. The molecule has 1 heterocycles. The maximum atomic E-state index is 15.1. The number of aromatic hydroxyl groups is 2. The van der Waals surface area contributed by atoms with E-state index in [0.29, 0.717) is 29.3 Å². The number of aliphatic hydroxyl groups is 2. The number of carbonyl (C=O) groups is 1. The molecule has 3 aromatic rings. The van der Waals surface area contributed by atoms with Gasteiger partial charge in [-0.15, -0.1) is 0 Å². The Bertz CT molecular complexity index is 1220. The highest BCUT2D eigenvalue weighted by Crippen LogP contribution is 2.50. The van der Waals surface area contributed by atoms with Crippen LogP contribution < -0.4 is 5.32 Å². The summed E-state index contributed by atoms with van der Waals surface area (Å²) in [5.41, 5.74) is 0.865. The number of nitrogens with zero attached hydrogens (tertiary/aromatic N) is 1. The van der Waals surface area contributed by atoms with E-state index in [1.54, 1.807) is 16.7 Å². The summed E-state index contributed by atoms with van der Waals surface area (Å²) in [6, 6.07) is 9.09. The highest BCUT2D eigenvalue weighted by atomic mass is 19.1. The van der Waals surface area contributed by atoms with Gasteiger partial charge in [0.2, 0.25) is 5.91 Å². The van der Waals surface area contributed by atoms with Gasteiger partial charge in [0.05, 0.1) is 35.9 Å². The van der Waals surface area contributed by atoms with Crippen molar-refractivity contribution in [2.24, 2.45) is 0 Å². The Balaban J connectivity index is 1.69. The quantitative estimate of drug-likeness (QED) is 0.364. The topological polar surface area (TPSA) is 115 Å². The number of anilines is 1. The third-order valence-electron chi connectivity index (χ3n) is 6.32. The summed E-state index contributed by atoms with van der Waals surface area (Å²) in [4.78, 5) is 13.1. The highest BCUT2D eigenvalue weighted by Gasteiger charge is 2.51. The van der Waals surface area contributed by atoms with Gasteiger partial charge in [0.25, 0.3) is 0 Å². The van der Waals surface area contributed by atoms with Crippen molar-refractivity contribution < 1.29 is 29.6 Å². The third kappa shape index (κ3) is 4.16. The first-order valence-corrected chi connectivity index (χ1v) is 10.9. The second kappa shape index (κ2) is 8.04. The van der Waals surface area contributed by atoms with Gasteiger partial charge >= 0.3 is 0 Å². The summed E-state index contributed by atoms with van der Waals surface area (Å²) in [7, 11) is 0. The molecule has 1 aliphatic carbocycles. The maximum absolute atomic E-state index is 15.1. The molecule has 176 valence electrons. The molecule has 0 bridgehead atoms. The number of phenolic OH excluding ortho intramolecular Hbond substituents is 2. The molecule has 4 rings (SSSR count). The first kappa shape index (κ1) is 23.1. The van der Waals surface area contributed by atoms with Crippen LogP contribution in [0.25, 0.3) is 10.9 Å². The molecule has 8 heteroatoms. The van der Waals surface area contributed by atoms with Crippen LogP contribution in [0, 0.1) is 5.82 Å². The molecule has 7 nitrogen and oxygen atoms in total. The minimum absolute atomic E-state index is 0.0436. The van der Waals surface area contributed by atoms with E-state index in [0.717, 1.165) is 5.69 Å². The van der Waals surface area contributed by atoms with Crippen LogP contribution in [0.15, 0.2) is 36.4 Å². The standard InChI is InChI=1S/C25H29FN2O5/c1-24(2,3)22-9-14-8-18(17(26)11-19(14)28(22)12-16(30)13-29)27-23(33)25(6-7-25)15-4-5-20(31)21(32)10-15/h4-5,8-11,16,29-32H,6-7,12-13H2,1-3H3,(H,27,33). The Hall–Kier alpha value is -3.10. The van der Waals surface area contributed by atoms with Gasteiger partial charge in [-0.3, -0.25) is 4.79 Å². The molecule has 1 saturated carbocycles. The zero-order valence-corrected chi connectivity index (χ0v) is 18.9. The van der Waals surface area contributed by atoms with Crippen molar-refractivity contribution in [3.63, 3.8) is 0 Å². The SMILES string of the molecule is CC(C)(C)c1cc2cc(NC(=O)C3(c4ccc(O)c(O)c4)CC3)c(F)cc2n1CC(O)CO. The summed E-state index contributed by atoms with van der Waals surface area (Å²) in [6.07, 6.45) is 0.119. The first-order valence-electron chi connectivity index (χ1n) is 10.9. The van der Waals surface area contributed by atoms with E-state index in [9.17, 15) is 25.2 Å². The van der Waals surface area contributed by atoms with Gasteiger partial charge in [0, 0.05) is 22.6 Å². The zero-order valence-electron chi connectivity index (χ0n) is 18.9. The molecular formula is C25H29FN2O5. The molecule has 0 aliphatic heterocycles. The Morgan fingerprint density at radius 3 is 2.42 bits per heavy atom. The van der Waals surface area contributed by atoms with E-state index < -0.39 is 23.9 Å². The molecule has 5 N–H and O–H groups in total. The number of fused-ring (bicyclic) bond motifs is 1. The average molecular weight is 457 g/mol. The predicted molar refractivity (Wildman–Crippen MR) is 123 cm³/mol. The highest BCUT2D eigenvalue weighted by molar-refractivity contribution is 6.02. The van der Waals surface area contributed by atoms with E-state index >= 15 is 4.39 Å². The van der Waals surface area contributed by atoms with Gasteiger partial charge in [0.1, 0.15) is 5.82 Å². The lowest BCUT2D eigenvalue weighted by atomic mass is 9.92. The Labute approximate surface area is 191 Å². The smallest absolute Gasteiger partial charge is 0.235 e. The maximum Gasteiger partial charge on any atom is 0.235 e. The van der Waals surface area contributed by atoms with Gasteiger partial charge in [-0.1, -0.05) is 26.8 Å². The number of nitrogens with one attached hydrogen (secondary N) is 1. The van der Waals surface area contributed by atoms with Crippen molar-refractivity contribution in [3.05, 3.63) is 53.5 Å². The van der Waals surface area contributed by atoms with Crippen LogP contribution in [0.5, 0.6) is 11.5 Å². The van der Waals surface area contributed by atoms with Crippen LogP contribution in [0.4, 0.5) is 10.1 Å². The van der Waals surface area contributed by atoms with E-state index in [4.69, 9.17) is 0 Å². The summed E-state index contributed by atoms with van der Waals surface area (Å²) in [5, 5.41) is 42.1. The molecule has 33 heavy (non-hydrogen) atoms. The lowest BCUT2D eigenvalue weighted by Crippen LogP contribution is -2.28. The number of benzene rings is 2. The molecule has 0 radical (unpaired) electrons. The number of rotatable bonds is 6. The fourth-order valence-corrected chi connectivity index (χ4v) is 4.30. The van der Waals surface area contributed by atoms with Gasteiger partial charge in [-0.2, -0.15) is 0 Å². The normalized spacial score (nSPS) is 16.1. The number of halogens is 1. The molecule has 0 saturated heterocycles. The number of aliphatic hydroxyl groups excluding tert-OH is 2. The molecule has 0 spiro atoms. The number of hydrogen-bond donors (Lipinski definition) is 5. The van der Waals surface area contributed by atoms with Crippen molar-refractivity contribution in [1.82, 2.24) is 4.57 Å². The van der Waals surface area contributed by atoms with Crippen LogP contribution in [0.1, 0.15) is 44.9 Å². The number of carbonyl (C=O) groups excluding carboxylic acids is 1. The van der Waals surface area contributed by atoms with Crippen molar-refractivity contribution in [2.75, 3.05) is 11.9 Å². The van der Waals surface area contributed by atoms with Crippen LogP contribution in [-0.2, 0) is 22.2 Å². The monoisotopic (exact) mass is 456 g/mol. The molecule has 2 aromatic carbocycles. The van der Waals surface area contributed by atoms with Crippen LogP contribution in [0.3, 0.4) is 0 Å². The first-order chi connectivity index (χ1) is 15.5. The van der Waals surface area contributed by atoms with E-state index in [2.05, 4.69) is 5.32 Å². The number of phenols is 2. The van der Waals surface area contributed by atoms with Crippen LogP contribution in [-0.4, -0.2) is 43.6 Å². The average Bonchev–Trinajstić information content (AvgIpc) is 3.48. The summed E-state index contributed by atoms with van der Waals surface area (Å²) in [5.74, 6) is -1.56. The molecule has 1 fully saturated rings. The van der Waals surface area contributed by atoms with Crippen LogP contribution in [0.2, 0.25) is 0 Å². The second-order valence-electron chi connectivity index (χ2n) is 9.86. The fraction of sp³-hybridized carbons (Fsp3) is 0.400. The molecule has 1 aliphatic rings. The molecule has 1 unspecified atom stereocenters. The Morgan fingerprint density at radius 2 is 1.85 bits per heavy atom. The minimum atomic E-state index is -0.986. The van der Waals surface area contributed by atoms with Crippen molar-refractivity contribution >= 4 is 22.5 Å². The fourth-order valence-electron chi connectivity index (χ4n) is 4.30. The van der Waals surface area contributed by atoms with E-state index in [-0.39, 0.29) is 35.1 Å². The Morgan fingerprint density at radius 1 is 1.15 bits per heavy atom. The molecule has 1 aromatic heterocycles. The minimum Gasteiger partial charge on any atom is -0.504 e. The number of amides is 1. The predicted octanol–water partition coefficient (Wildman–Crippen LogP) is 3.51. The number of hydrogen-bond acceptors (Lipinski definition) is 5. The molecular weight excluding hydrogens is 427 g/mol.